The second-order valence-corrected chi connectivity index (χ2v) is 6.15. The zero-order chi connectivity index (χ0) is 15.1. The van der Waals surface area contributed by atoms with Crippen molar-refractivity contribution in [3.63, 3.8) is 0 Å². The molecule has 0 fully saturated rings. The summed E-state index contributed by atoms with van der Waals surface area (Å²) >= 11 is 2.16. The van der Waals surface area contributed by atoms with Crippen molar-refractivity contribution in [1.82, 2.24) is 4.57 Å². The zero-order valence-electron chi connectivity index (χ0n) is 11.7. The first-order chi connectivity index (χ1) is 10.0. The van der Waals surface area contributed by atoms with E-state index in [1.807, 2.05) is 38.1 Å². The first-order valence-electron chi connectivity index (χ1n) is 6.57. The average molecular weight is 393 g/mol. The molecule has 0 radical (unpaired) electrons. The molecule has 0 spiro atoms. The van der Waals surface area contributed by atoms with Gasteiger partial charge in [0, 0.05) is 14.7 Å². The fourth-order valence-corrected chi connectivity index (χ4v) is 3.18. The number of rotatable bonds is 1. The van der Waals surface area contributed by atoms with Crippen LogP contribution in [0.1, 0.15) is 21.6 Å². The first-order valence-corrected chi connectivity index (χ1v) is 7.65. The summed E-state index contributed by atoms with van der Waals surface area (Å²) in [7, 11) is 0. The van der Waals surface area contributed by atoms with Crippen molar-refractivity contribution in [2.24, 2.45) is 0 Å². The zero-order valence-corrected chi connectivity index (χ0v) is 13.8. The second-order valence-electron chi connectivity index (χ2n) is 4.99. The summed E-state index contributed by atoms with van der Waals surface area (Å²) in [5.74, 6) is -0.369. The third-order valence-electron chi connectivity index (χ3n) is 3.79. The van der Waals surface area contributed by atoms with Crippen LogP contribution in [0.4, 0.5) is 4.39 Å². The minimum absolute atomic E-state index is 0.0813. The van der Waals surface area contributed by atoms with Gasteiger partial charge in [-0.3, -0.25) is 9.36 Å². The molecule has 21 heavy (non-hydrogen) atoms. The van der Waals surface area contributed by atoms with Crippen molar-refractivity contribution in [3.05, 3.63) is 68.7 Å². The number of halogens is 2. The Morgan fingerprint density at radius 2 is 1.86 bits per heavy atom. The molecular formula is C17H13FINO. The lowest BCUT2D eigenvalue weighted by molar-refractivity contribution is 0.0962. The molecule has 0 N–H and O–H groups in total. The van der Waals surface area contributed by atoms with E-state index in [1.165, 1.54) is 12.1 Å². The fraction of sp³-hybridized carbons (Fsp3) is 0.118. The van der Waals surface area contributed by atoms with Crippen molar-refractivity contribution in [2.45, 2.75) is 13.8 Å². The largest absolute Gasteiger partial charge is 0.280 e. The Labute approximate surface area is 135 Å². The summed E-state index contributed by atoms with van der Waals surface area (Å²) in [4.78, 5) is 12.9. The summed E-state index contributed by atoms with van der Waals surface area (Å²) in [6.07, 6.45) is 0. The highest BCUT2D eigenvalue weighted by Gasteiger charge is 2.19. The third-order valence-corrected chi connectivity index (χ3v) is 4.73. The summed E-state index contributed by atoms with van der Waals surface area (Å²) in [5, 5.41) is 0.784. The molecule has 0 amide bonds. The van der Waals surface area contributed by atoms with Gasteiger partial charge in [0.1, 0.15) is 5.82 Å². The quantitative estimate of drug-likeness (QED) is 0.550. The van der Waals surface area contributed by atoms with Gasteiger partial charge in [-0.05, 0) is 72.3 Å². The number of carbonyl (C=O) groups excluding carboxylic acids is 1. The van der Waals surface area contributed by atoms with Crippen LogP contribution in [0, 0.1) is 23.2 Å². The van der Waals surface area contributed by atoms with Gasteiger partial charge in [0.05, 0.1) is 11.1 Å². The van der Waals surface area contributed by atoms with E-state index in [4.69, 9.17) is 0 Å². The highest BCUT2D eigenvalue weighted by molar-refractivity contribution is 14.1. The Hall–Kier alpha value is -1.69. The molecule has 0 atom stereocenters. The van der Waals surface area contributed by atoms with E-state index in [0.717, 1.165) is 25.7 Å². The molecule has 1 heterocycles. The molecule has 0 aliphatic rings. The molecule has 106 valence electrons. The summed E-state index contributed by atoms with van der Waals surface area (Å²) in [5.41, 5.74) is 3.18. The number of nitrogens with zero attached hydrogens (tertiary/aromatic N) is 1. The number of aryl methyl sites for hydroxylation is 1. The van der Waals surface area contributed by atoms with Gasteiger partial charge in [-0.25, -0.2) is 4.39 Å². The van der Waals surface area contributed by atoms with Gasteiger partial charge in [-0.1, -0.05) is 12.1 Å². The molecule has 2 aromatic carbocycles. The molecule has 1 aromatic heterocycles. The van der Waals surface area contributed by atoms with Crippen LogP contribution in [-0.4, -0.2) is 10.5 Å². The predicted molar refractivity (Wildman–Crippen MR) is 90.3 cm³/mol. The Morgan fingerprint density at radius 3 is 2.57 bits per heavy atom. The average Bonchev–Trinajstić information content (AvgIpc) is 2.71. The summed E-state index contributed by atoms with van der Waals surface area (Å²) in [6.45, 7) is 3.80. The number of hydrogen-bond donors (Lipinski definition) is 0. The van der Waals surface area contributed by atoms with Gasteiger partial charge in [0.25, 0.3) is 5.91 Å². The predicted octanol–water partition coefficient (Wildman–Crippen LogP) is 4.69. The summed E-state index contributed by atoms with van der Waals surface area (Å²) < 4.78 is 16.0. The Bertz CT molecular complexity index is 867. The van der Waals surface area contributed by atoms with Gasteiger partial charge in [-0.15, -0.1) is 0 Å². The Balaban J connectivity index is 2.28. The number of hydrogen-bond acceptors (Lipinski definition) is 1. The van der Waals surface area contributed by atoms with Crippen LogP contribution in [0.3, 0.4) is 0 Å². The van der Waals surface area contributed by atoms with E-state index < -0.39 is 0 Å². The SMILES string of the molecule is Cc1c(C)n(C(=O)c2ccccc2I)c2ccc(F)cc12. The molecule has 3 rings (SSSR count). The number of benzene rings is 2. The van der Waals surface area contributed by atoms with E-state index in [0.29, 0.717) is 5.56 Å². The van der Waals surface area contributed by atoms with Crippen LogP contribution >= 0.6 is 22.6 Å². The van der Waals surface area contributed by atoms with Gasteiger partial charge in [0.15, 0.2) is 0 Å². The molecule has 0 saturated heterocycles. The van der Waals surface area contributed by atoms with Crippen LogP contribution in [-0.2, 0) is 0 Å². The van der Waals surface area contributed by atoms with Gasteiger partial charge < -0.3 is 0 Å². The fourth-order valence-electron chi connectivity index (χ4n) is 2.56. The van der Waals surface area contributed by atoms with E-state index in [2.05, 4.69) is 22.6 Å². The van der Waals surface area contributed by atoms with Crippen LogP contribution in [0.25, 0.3) is 10.9 Å². The topological polar surface area (TPSA) is 22.0 Å². The number of aromatic nitrogens is 1. The van der Waals surface area contributed by atoms with E-state index >= 15 is 0 Å². The van der Waals surface area contributed by atoms with Crippen LogP contribution < -0.4 is 0 Å². The maximum absolute atomic E-state index is 13.5. The highest BCUT2D eigenvalue weighted by Crippen LogP contribution is 2.27. The molecule has 2 nitrogen and oxygen atoms in total. The van der Waals surface area contributed by atoms with Gasteiger partial charge in [0.2, 0.25) is 0 Å². The molecule has 4 heteroatoms. The van der Waals surface area contributed by atoms with Crippen LogP contribution in [0.2, 0.25) is 0 Å². The summed E-state index contributed by atoms with van der Waals surface area (Å²) in [6, 6.07) is 12.0. The Morgan fingerprint density at radius 1 is 1.14 bits per heavy atom. The van der Waals surface area contributed by atoms with Crippen molar-refractivity contribution >= 4 is 39.4 Å². The lowest BCUT2D eigenvalue weighted by Gasteiger charge is -2.08. The minimum atomic E-state index is -0.288. The lowest BCUT2D eigenvalue weighted by atomic mass is 10.1. The lowest BCUT2D eigenvalue weighted by Crippen LogP contribution is -2.14. The van der Waals surface area contributed by atoms with Crippen molar-refractivity contribution in [3.8, 4) is 0 Å². The Kier molecular flexibility index (Phi) is 3.57. The molecule has 0 unspecified atom stereocenters. The molecule has 0 aliphatic carbocycles. The van der Waals surface area contributed by atoms with Crippen molar-refractivity contribution < 1.29 is 9.18 Å². The van der Waals surface area contributed by atoms with Crippen molar-refractivity contribution in [2.75, 3.05) is 0 Å². The molecule has 0 bridgehead atoms. The van der Waals surface area contributed by atoms with Gasteiger partial charge >= 0.3 is 0 Å². The molecule has 0 saturated carbocycles. The molecule has 3 aromatic rings. The molecule has 0 aliphatic heterocycles. The highest BCUT2D eigenvalue weighted by atomic mass is 127. The monoisotopic (exact) mass is 393 g/mol. The van der Waals surface area contributed by atoms with Crippen molar-refractivity contribution in [1.29, 1.82) is 0 Å². The second kappa shape index (κ2) is 5.26. The minimum Gasteiger partial charge on any atom is -0.280 e. The van der Waals surface area contributed by atoms with E-state index in [-0.39, 0.29) is 11.7 Å². The number of carbonyl (C=O) groups is 1. The first kappa shape index (κ1) is 14.3. The smallest absolute Gasteiger partial charge is 0.263 e. The van der Waals surface area contributed by atoms with E-state index in [1.54, 1.807) is 10.6 Å². The van der Waals surface area contributed by atoms with Crippen LogP contribution in [0.15, 0.2) is 42.5 Å². The standard InChI is InChI=1S/C17H13FINO/c1-10-11(2)20(16-8-7-12(18)9-14(10)16)17(21)13-5-3-4-6-15(13)19/h3-9H,1-2H3. The maximum atomic E-state index is 13.5. The third kappa shape index (κ3) is 2.27. The molecular weight excluding hydrogens is 380 g/mol. The normalized spacial score (nSPS) is 11.0. The maximum Gasteiger partial charge on any atom is 0.263 e. The van der Waals surface area contributed by atoms with Gasteiger partial charge in [-0.2, -0.15) is 0 Å². The van der Waals surface area contributed by atoms with Crippen LogP contribution in [0.5, 0.6) is 0 Å². The van der Waals surface area contributed by atoms with E-state index in [9.17, 15) is 9.18 Å². The number of fused-ring (bicyclic) bond motifs is 1.